The predicted molar refractivity (Wildman–Crippen MR) is 137 cm³/mol. The molecule has 0 aliphatic carbocycles. The van der Waals surface area contributed by atoms with Crippen LogP contribution in [0.1, 0.15) is 27.0 Å². The number of benzene rings is 3. The minimum Gasteiger partial charge on any atom is -0.492 e. The van der Waals surface area contributed by atoms with E-state index in [0.29, 0.717) is 40.8 Å². The fraction of sp³-hybridized carbons (Fsp3) is 0.286. The van der Waals surface area contributed by atoms with Crippen LogP contribution in [0.5, 0.6) is 23.0 Å². The number of para-hydroxylation sites is 1. The number of methoxy groups -OCH3 is 1. The number of rotatable bonds is 8. The second-order valence-corrected chi connectivity index (χ2v) is 8.93. The summed E-state index contributed by atoms with van der Waals surface area (Å²) in [6.07, 6.45) is 0.826. The summed E-state index contributed by atoms with van der Waals surface area (Å²) in [5.74, 6) is 2.05. The number of hydrogen-bond acceptors (Lipinski definition) is 7. The Balaban J connectivity index is 1.23. The van der Waals surface area contributed by atoms with Crippen LogP contribution in [0.2, 0.25) is 0 Å². The van der Waals surface area contributed by atoms with E-state index in [1.807, 2.05) is 18.2 Å². The summed E-state index contributed by atoms with van der Waals surface area (Å²) in [7, 11) is 3.70. The Morgan fingerprint density at radius 3 is 2.51 bits per heavy atom. The van der Waals surface area contributed by atoms with Crippen molar-refractivity contribution in [3.63, 3.8) is 0 Å². The number of anilines is 1. The fourth-order valence-corrected chi connectivity index (χ4v) is 4.63. The van der Waals surface area contributed by atoms with Gasteiger partial charge in [0, 0.05) is 42.0 Å². The van der Waals surface area contributed by atoms with Crippen molar-refractivity contribution in [2.24, 2.45) is 0 Å². The van der Waals surface area contributed by atoms with Gasteiger partial charge in [0.2, 0.25) is 12.5 Å². The molecule has 0 radical (unpaired) electrons. The molecule has 2 amide bonds. The lowest BCUT2D eigenvalue weighted by atomic mass is 9.92. The van der Waals surface area contributed by atoms with Crippen LogP contribution < -0.4 is 29.6 Å². The van der Waals surface area contributed by atoms with E-state index in [1.54, 1.807) is 43.5 Å². The second kappa shape index (κ2) is 10.8. The van der Waals surface area contributed by atoms with Crippen LogP contribution in [0.25, 0.3) is 0 Å². The number of fused-ring (bicyclic) bond motifs is 2. The molecule has 0 saturated carbocycles. The molecule has 0 atom stereocenters. The smallest absolute Gasteiger partial charge is 0.262 e. The Morgan fingerprint density at radius 1 is 1.00 bits per heavy atom. The number of nitrogens with one attached hydrogen (secondary N) is 2. The van der Waals surface area contributed by atoms with E-state index in [1.165, 1.54) is 0 Å². The zero-order chi connectivity index (χ0) is 25.8. The van der Waals surface area contributed by atoms with Crippen LogP contribution in [0, 0.1) is 0 Å². The first-order chi connectivity index (χ1) is 18.0. The van der Waals surface area contributed by atoms with Crippen molar-refractivity contribution >= 4 is 17.5 Å². The molecule has 37 heavy (non-hydrogen) atoms. The Bertz CT molecular complexity index is 1290. The third-order valence-electron chi connectivity index (χ3n) is 6.44. The third-order valence-corrected chi connectivity index (χ3v) is 6.44. The van der Waals surface area contributed by atoms with Gasteiger partial charge in [-0.15, -0.1) is 0 Å². The number of carbonyl (C=O) groups is 2. The Labute approximate surface area is 215 Å². The monoisotopic (exact) mass is 503 g/mol. The molecule has 0 unspecified atom stereocenters. The molecule has 9 nitrogen and oxygen atoms in total. The first-order valence-corrected chi connectivity index (χ1v) is 12.1. The summed E-state index contributed by atoms with van der Waals surface area (Å²) in [6.45, 7) is 1.95. The average molecular weight is 504 g/mol. The maximum atomic E-state index is 12.9. The third kappa shape index (κ3) is 5.31. The van der Waals surface area contributed by atoms with Crippen molar-refractivity contribution in [1.29, 1.82) is 0 Å². The van der Waals surface area contributed by atoms with E-state index in [0.717, 1.165) is 36.2 Å². The fourth-order valence-electron chi connectivity index (χ4n) is 4.63. The quantitative estimate of drug-likeness (QED) is 0.486. The molecule has 0 saturated heterocycles. The van der Waals surface area contributed by atoms with Crippen LogP contribution in [0.3, 0.4) is 0 Å². The summed E-state index contributed by atoms with van der Waals surface area (Å²) in [5, 5.41) is 5.78. The summed E-state index contributed by atoms with van der Waals surface area (Å²) in [6, 6.07) is 15.9. The first kappa shape index (κ1) is 24.5. The second-order valence-electron chi connectivity index (χ2n) is 8.93. The molecule has 2 N–H and O–H groups in total. The molecule has 2 heterocycles. The lowest BCUT2D eigenvalue weighted by molar-refractivity contribution is -0.118. The van der Waals surface area contributed by atoms with Gasteiger partial charge in [0.15, 0.2) is 18.1 Å². The Morgan fingerprint density at radius 2 is 1.76 bits per heavy atom. The van der Waals surface area contributed by atoms with Crippen LogP contribution in [-0.2, 0) is 24.3 Å². The van der Waals surface area contributed by atoms with Crippen LogP contribution in [0.4, 0.5) is 5.69 Å². The van der Waals surface area contributed by atoms with Gasteiger partial charge < -0.3 is 34.5 Å². The van der Waals surface area contributed by atoms with Crippen molar-refractivity contribution in [1.82, 2.24) is 10.2 Å². The topological polar surface area (TPSA) is 98.4 Å². The number of ether oxygens (including phenoxy) is 4. The molecule has 0 fully saturated rings. The largest absolute Gasteiger partial charge is 0.492 e. The SMILES string of the molecule is COc1c2c(c(CNC(=O)c3ccc(NC(=O)COc4ccccc4)cc3)c3c1OCO3)CCN(C)C2. The molecule has 0 bridgehead atoms. The van der Waals surface area contributed by atoms with Crippen LogP contribution in [-0.4, -0.2) is 50.8 Å². The molecular formula is C28H29N3O6. The zero-order valence-corrected chi connectivity index (χ0v) is 20.8. The highest BCUT2D eigenvalue weighted by Crippen LogP contribution is 2.49. The van der Waals surface area contributed by atoms with Gasteiger partial charge >= 0.3 is 0 Å². The number of likely N-dealkylation sites (N-methyl/N-ethyl adjacent to an activating group) is 1. The summed E-state index contributed by atoms with van der Waals surface area (Å²) in [4.78, 5) is 27.3. The average Bonchev–Trinajstić information content (AvgIpc) is 3.40. The minimum absolute atomic E-state index is 0.107. The van der Waals surface area contributed by atoms with E-state index in [2.05, 4.69) is 22.6 Å². The van der Waals surface area contributed by atoms with Crippen molar-refractivity contribution in [2.75, 3.05) is 39.4 Å². The Hall–Kier alpha value is -4.24. The van der Waals surface area contributed by atoms with E-state index in [4.69, 9.17) is 18.9 Å². The number of hydrogen-bond donors (Lipinski definition) is 2. The first-order valence-electron chi connectivity index (χ1n) is 12.1. The van der Waals surface area contributed by atoms with Crippen molar-refractivity contribution in [3.05, 3.63) is 76.9 Å². The molecule has 3 aromatic rings. The van der Waals surface area contributed by atoms with Gasteiger partial charge in [0.25, 0.3) is 11.8 Å². The van der Waals surface area contributed by atoms with Gasteiger partial charge in [-0.25, -0.2) is 0 Å². The van der Waals surface area contributed by atoms with Gasteiger partial charge in [-0.2, -0.15) is 0 Å². The highest BCUT2D eigenvalue weighted by atomic mass is 16.7. The predicted octanol–water partition coefficient (Wildman–Crippen LogP) is 3.36. The maximum absolute atomic E-state index is 12.9. The summed E-state index contributed by atoms with van der Waals surface area (Å²) in [5.41, 5.74) is 4.19. The van der Waals surface area contributed by atoms with E-state index >= 15 is 0 Å². The van der Waals surface area contributed by atoms with Gasteiger partial charge in [0.1, 0.15) is 5.75 Å². The normalized spacial score (nSPS) is 14.0. The molecule has 9 heteroatoms. The van der Waals surface area contributed by atoms with E-state index in [-0.39, 0.29) is 25.2 Å². The van der Waals surface area contributed by atoms with Crippen LogP contribution >= 0.6 is 0 Å². The van der Waals surface area contributed by atoms with Crippen molar-refractivity contribution < 1.29 is 28.5 Å². The van der Waals surface area contributed by atoms with E-state index < -0.39 is 0 Å². The molecular weight excluding hydrogens is 474 g/mol. The molecule has 5 rings (SSSR count). The standard InChI is InChI=1S/C28H29N3O6/c1-31-13-12-21-22(26-27(37-17-36-26)25(34-2)23(21)15-31)14-29-28(33)18-8-10-19(11-9-18)30-24(32)16-35-20-6-4-3-5-7-20/h3-11H,12-17H2,1-2H3,(H,29,33)(H,30,32). The van der Waals surface area contributed by atoms with Gasteiger partial charge in [-0.1, -0.05) is 18.2 Å². The molecule has 3 aromatic carbocycles. The number of carbonyl (C=O) groups excluding carboxylic acids is 2. The van der Waals surface area contributed by atoms with Crippen LogP contribution in [0.15, 0.2) is 54.6 Å². The molecule has 2 aliphatic heterocycles. The lowest BCUT2D eigenvalue weighted by Crippen LogP contribution is -2.30. The molecule has 0 aromatic heterocycles. The zero-order valence-electron chi connectivity index (χ0n) is 20.8. The lowest BCUT2D eigenvalue weighted by Gasteiger charge is -2.29. The molecule has 192 valence electrons. The maximum Gasteiger partial charge on any atom is 0.262 e. The van der Waals surface area contributed by atoms with Gasteiger partial charge in [-0.3, -0.25) is 9.59 Å². The molecule has 2 aliphatic rings. The highest BCUT2D eigenvalue weighted by molar-refractivity contribution is 5.96. The summed E-state index contributed by atoms with van der Waals surface area (Å²) < 4.78 is 22.6. The molecule has 0 spiro atoms. The van der Waals surface area contributed by atoms with Gasteiger partial charge in [-0.05, 0) is 55.4 Å². The number of nitrogens with zero attached hydrogens (tertiary/aromatic N) is 1. The Kier molecular flexibility index (Phi) is 7.14. The van der Waals surface area contributed by atoms with Crippen molar-refractivity contribution in [3.8, 4) is 23.0 Å². The van der Waals surface area contributed by atoms with Gasteiger partial charge in [0.05, 0.1) is 7.11 Å². The minimum atomic E-state index is -0.285. The summed E-state index contributed by atoms with van der Waals surface area (Å²) >= 11 is 0. The highest BCUT2D eigenvalue weighted by Gasteiger charge is 2.32. The van der Waals surface area contributed by atoms with Crippen molar-refractivity contribution in [2.45, 2.75) is 19.5 Å². The number of amides is 2. The van der Waals surface area contributed by atoms with E-state index in [9.17, 15) is 9.59 Å².